The molecule has 146 valence electrons. The molecule has 3 aromatic rings. The van der Waals surface area contributed by atoms with Crippen molar-refractivity contribution in [2.45, 2.75) is 32.4 Å². The van der Waals surface area contributed by atoms with E-state index in [9.17, 15) is 4.79 Å². The van der Waals surface area contributed by atoms with E-state index in [0.29, 0.717) is 19.0 Å². The lowest BCUT2D eigenvalue weighted by Crippen LogP contribution is -2.25. The number of carbonyl (C=O) groups excluding carboxylic acids is 1. The molecule has 1 fully saturated rings. The number of hydrogen-bond acceptors (Lipinski definition) is 5. The second-order valence-corrected chi connectivity index (χ2v) is 7.54. The Bertz CT molecular complexity index is 988. The standard InChI is InChI=1S/C20H23ClN6O/c1-14(28)22-9-11-27-20-19(23-7-8-24-20)18(25-27)16-6-10-26(13-16)12-15-4-2-3-5-17(15)21/h2-5,7-8,16H,6,9-13H2,1H3,(H,22,28)/t16-/m0/s1. The van der Waals surface area contributed by atoms with E-state index in [0.717, 1.165) is 53.5 Å². The molecule has 1 aliphatic heterocycles. The van der Waals surface area contributed by atoms with Gasteiger partial charge in [0.05, 0.1) is 12.2 Å². The minimum Gasteiger partial charge on any atom is -0.354 e. The van der Waals surface area contributed by atoms with Crippen molar-refractivity contribution < 1.29 is 4.79 Å². The third-order valence-electron chi connectivity index (χ3n) is 5.10. The van der Waals surface area contributed by atoms with Crippen LogP contribution in [0.1, 0.15) is 30.5 Å². The summed E-state index contributed by atoms with van der Waals surface area (Å²) in [5, 5.41) is 8.43. The van der Waals surface area contributed by atoms with Gasteiger partial charge in [0.15, 0.2) is 5.65 Å². The number of benzene rings is 1. The molecule has 0 aliphatic carbocycles. The second-order valence-electron chi connectivity index (χ2n) is 7.13. The number of amides is 1. The predicted octanol–water partition coefficient (Wildman–Crippen LogP) is 2.61. The lowest BCUT2D eigenvalue weighted by atomic mass is 10.0. The Morgan fingerprint density at radius 1 is 1.29 bits per heavy atom. The van der Waals surface area contributed by atoms with Gasteiger partial charge in [-0.25, -0.2) is 14.6 Å². The van der Waals surface area contributed by atoms with Gasteiger partial charge in [0.1, 0.15) is 5.52 Å². The van der Waals surface area contributed by atoms with Crippen LogP contribution in [0.25, 0.3) is 11.2 Å². The second kappa shape index (κ2) is 8.24. The van der Waals surface area contributed by atoms with Crippen LogP contribution in [-0.2, 0) is 17.9 Å². The molecule has 8 heteroatoms. The Kier molecular flexibility index (Phi) is 5.54. The van der Waals surface area contributed by atoms with E-state index < -0.39 is 0 Å². The van der Waals surface area contributed by atoms with Crippen LogP contribution in [0.3, 0.4) is 0 Å². The van der Waals surface area contributed by atoms with Crippen molar-refractivity contribution in [3.8, 4) is 0 Å². The summed E-state index contributed by atoms with van der Waals surface area (Å²) in [6, 6.07) is 7.99. The molecule has 0 spiro atoms. The number of nitrogens with zero attached hydrogens (tertiary/aromatic N) is 5. The molecule has 0 unspecified atom stereocenters. The van der Waals surface area contributed by atoms with E-state index in [1.807, 2.05) is 22.9 Å². The molecule has 1 amide bonds. The van der Waals surface area contributed by atoms with Crippen LogP contribution >= 0.6 is 11.6 Å². The fourth-order valence-corrected chi connectivity index (χ4v) is 3.96. The monoisotopic (exact) mass is 398 g/mol. The minimum absolute atomic E-state index is 0.0474. The number of carbonyl (C=O) groups is 1. The zero-order valence-electron chi connectivity index (χ0n) is 15.8. The largest absolute Gasteiger partial charge is 0.354 e. The van der Waals surface area contributed by atoms with Crippen LogP contribution in [-0.4, -0.2) is 50.2 Å². The van der Waals surface area contributed by atoms with Gasteiger partial charge in [0, 0.05) is 49.9 Å². The van der Waals surface area contributed by atoms with Gasteiger partial charge < -0.3 is 5.32 Å². The van der Waals surface area contributed by atoms with E-state index in [1.165, 1.54) is 6.92 Å². The molecule has 3 heterocycles. The van der Waals surface area contributed by atoms with E-state index in [2.05, 4.69) is 26.3 Å². The van der Waals surface area contributed by atoms with Crippen LogP contribution in [0, 0.1) is 0 Å². The molecule has 0 radical (unpaired) electrons. The van der Waals surface area contributed by atoms with Gasteiger partial charge >= 0.3 is 0 Å². The highest BCUT2D eigenvalue weighted by atomic mass is 35.5. The number of nitrogens with one attached hydrogen (secondary N) is 1. The molecule has 1 saturated heterocycles. The van der Waals surface area contributed by atoms with Crippen LogP contribution in [0.2, 0.25) is 5.02 Å². The number of rotatable bonds is 6. The maximum atomic E-state index is 11.1. The molecule has 1 N–H and O–H groups in total. The Labute approximate surface area is 168 Å². The van der Waals surface area contributed by atoms with Crippen LogP contribution < -0.4 is 5.32 Å². The van der Waals surface area contributed by atoms with E-state index in [4.69, 9.17) is 16.7 Å². The van der Waals surface area contributed by atoms with Crippen molar-refractivity contribution in [1.29, 1.82) is 0 Å². The molecular formula is C20H23ClN6O. The van der Waals surface area contributed by atoms with Gasteiger partial charge in [-0.3, -0.25) is 9.69 Å². The van der Waals surface area contributed by atoms with Crippen LogP contribution in [0.15, 0.2) is 36.7 Å². The minimum atomic E-state index is -0.0474. The van der Waals surface area contributed by atoms with Crippen molar-refractivity contribution in [1.82, 2.24) is 30.0 Å². The Balaban J connectivity index is 1.51. The third kappa shape index (κ3) is 4.00. The first-order chi connectivity index (χ1) is 13.6. The highest BCUT2D eigenvalue weighted by molar-refractivity contribution is 6.31. The molecule has 28 heavy (non-hydrogen) atoms. The fraction of sp³-hybridized carbons (Fsp3) is 0.400. The molecular weight excluding hydrogens is 376 g/mol. The van der Waals surface area contributed by atoms with Crippen molar-refractivity contribution in [3.05, 3.63) is 52.9 Å². The summed E-state index contributed by atoms with van der Waals surface area (Å²) in [4.78, 5) is 22.5. The Morgan fingerprint density at radius 3 is 2.93 bits per heavy atom. The van der Waals surface area contributed by atoms with Gasteiger partial charge in [-0.05, 0) is 24.6 Å². The summed E-state index contributed by atoms with van der Waals surface area (Å²) >= 11 is 6.32. The van der Waals surface area contributed by atoms with Crippen molar-refractivity contribution in [2.75, 3.05) is 19.6 Å². The van der Waals surface area contributed by atoms with Gasteiger partial charge in [0.2, 0.25) is 5.91 Å². The molecule has 1 aromatic carbocycles. The molecule has 1 aliphatic rings. The summed E-state index contributed by atoms with van der Waals surface area (Å²) in [7, 11) is 0. The highest BCUT2D eigenvalue weighted by Crippen LogP contribution is 2.31. The van der Waals surface area contributed by atoms with Crippen molar-refractivity contribution in [2.24, 2.45) is 0 Å². The first kappa shape index (κ1) is 18.8. The highest BCUT2D eigenvalue weighted by Gasteiger charge is 2.29. The first-order valence-corrected chi connectivity index (χ1v) is 9.87. The number of likely N-dealkylation sites (tertiary alicyclic amines) is 1. The number of halogens is 1. The molecule has 0 bridgehead atoms. The zero-order chi connectivity index (χ0) is 19.5. The Hall–Kier alpha value is -2.51. The third-order valence-corrected chi connectivity index (χ3v) is 5.47. The molecule has 7 nitrogen and oxygen atoms in total. The van der Waals surface area contributed by atoms with Gasteiger partial charge in [-0.2, -0.15) is 5.10 Å². The molecule has 2 aromatic heterocycles. The topological polar surface area (TPSA) is 75.9 Å². The SMILES string of the molecule is CC(=O)NCCn1nc([C@H]2CCN(Cc3ccccc3Cl)C2)c2nccnc21. The predicted molar refractivity (Wildman–Crippen MR) is 108 cm³/mol. The average molecular weight is 399 g/mol. The number of hydrogen-bond donors (Lipinski definition) is 1. The quantitative estimate of drug-likeness (QED) is 0.690. The lowest BCUT2D eigenvalue weighted by Gasteiger charge is -2.16. The lowest BCUT2D eigenvalue weighted by molar-refractivity contribution is -0.118. The van der Waals surface area contributed by atoms with Crippen molar-refractivity contribution in [3.63, 3.8) is 0 Å². The maximum Gasteiger partial charge on any atom is 0.216 e. The van der Waals surface area contributed by atoms with Crippen LogP contribution in [0.4, 0.5) is 0 Å². The van der Waals surface area contributed by atoms with Gasteiger partial charge in [0.25, 0.3) is 0 Å². The normalized spacial score (nSPS) is 17.3. The zero-order valence-corrected chi connectivity index (χ0v) is 16.6. The molecule has 4 rings (SSSR count). The van der Waals surface area contributed by atoms with Crippen LogP contribution in [0.5, 0.6) is 0 Å². The summed E-state index contributed by atoms with van der Waals surface area (Å²) < 4.78 is 1.85. The molecule has 0 saturated carbocycles. The fourth-order valence-electron chi connectivity index (χ4n) is 3.76. The van der Waals surface area contributed by atoms with Crippen molar-refractivity contribution >= 4 is 28.7 Å². The average Bonchev–Trinajstić information content (AvgIpc) is 3.28. The van der Waals surface area contributed by atoms with Gasteiger partial charge in [-0.1, -0.05) is 29.8 Å². The van der Waals surface area contributed by atoms with E-state index >= 15 is 0 Å². The summed E-state index contributed by atoms with van der Waals surface area (Å²) in [6.07, 6.45) is 4.42. The molecule has 1 atom stereocenters. The number of fused-ring (bicyclic) bond motifs is 1. The first-order valence-electron chi connectivity index (χ1n) is 9.49. The van der Waals surface area contributed by atoms with E-state index in [1.54, 1.807) is 12.4 Å². The summed E-state index contributed by atoms with van der Waals surface area (Å²) in [5.41, 5.74) is 3.77. The van der Waals surface area contributed by atoms with E-state index in [-0.39, 0.29) is 5.91 Å². The number of aromatic nitrogens is 4. The smallest absolute Gasteiger partial charge is 0.216 e. The Morgan fingerprint density at radius 2 is 2.11 bits per heavy atom. The van der Waals surface area contributed by atoms with Gasteiger partial charge in [-0.15, -0.1) is 0 Å². The maximum absolute atomic E-state index is 11.1. The summed E-state index contributed by atoms with van der Waals surface area (Å²) in [5.74, 6) is 0.262. The summed E-state index contributed by atoms with van der Waals surface area (Å²) in [6.45, 7) is 5.35.